The van der Waals surface area contributed by atoms with E-state index in [4.69, 9.17) is 19.2 Å². The van der Waals surface area contributed by atoms with Crippen LogP contribution in [0.3, 0.4) is 0 Å². The van der Waals surface area contributed by atoms with Crippen molar-refractivity contribution in [2.24, 2.45) is 0 Å². The number of alkyl halides is 4. The van der Waals surface area contributed by atoms with Gasteiger partial charge in [-0.05, 0) is 60.9 Å². The van der Waals surface area contributed by atoms with Gasteiger partial charge in [0.1, 0.15) is 17.3 Å². The summed E-state index contributed by atoms with van der Waals surface area (Å²) in [5.74, 6) is 2.48. The van der Waals surface area contributed by atoms with E-state index in [0.717, 1.165) is 46.7 Å². The molecule has 11 heteroatoms. The topological polar surface area (TPSA) is 58.0 Å². The van der Waals surface area contributed by atoms with Crippen LogP contribution < -0.4 is 18.9 Å². The molecule has 0 atom stereocenters. The molecule has 6 rings (SSSR count). The van der Waals surface area contributed by atoms with E-state index < -0.39 is 12.5 Å². The number of nitrogens with zero attached hydrogens (tertiary/aromatic N) is 3. The predicted octanol–water partition coefficient (Wildman–Crippen LogP) is 9.58. The Morgan fingerprint density at radius 2 is 1.58 bits per heavy atom. The minimum absolute atomic E-state index is 0.139. The molecule has 262 valence electrons. The molecule has 0 fully saturated rings. The zero-order valence-electron chi connectivity index (χ0n) is 28.0. The Morgan fingerprint density at radius 3 is 2.34 bits per heavy atom. The van der Waals surface area contributed by atoms with E-state index >= 15 is 0 Å². The van der Waals surface area contributed by atoms with Gasteiger partial charge in [-0.2, -0.15) is 17.6 Å². The fourth-order valence-electron chi connectivity index (χ4n) is 6.01. The summed E-state index contributed by atoms with van der Waals surface area (Å²) in [7, 11) is 0. The highest BCUT2D eigenvalue weighted by Gasteiger charge is 2.44. The van der Waals surface area contributed by atoms with Crippen LogP contribution in [0.1, 0.15) is 43.5 Å². The monoisotopic (exact) mass is 689 g/mol. The fourth-order valence-corrected chi connectivity index (χ4v) is 6.01. The Bertz CT molecular complexity index is 1880. The molecule has 0 N–H and O–H groups in total. The van der Waals surface area contributed by atoms with Gasteiger partial charge >= 0.3 is 12.5 Å². The highest BCUT2D eigenvalue weighted by atomic mass is 19.3. The smallest absolute Gasteiger partial charge is 0.461 e. The summed E-state index contributed by atoms with van der Waals surface area (Å²) in [6, 6.07) is 29.5. The SMILES string of the molecule is CCCCn1c(-c2ccccc2)nc(-c2ccccc2OCC)c1CN(Cc1cccc(OC(F)(F)C(F)F)c1)Cc1ccc2c(c1)OCO2. The lowest BCUT2D eigenvalue weighted by Crippen LogP contribution is -2.33. The maximum absolute atomic E-state index is 13.9. The number of fused-ring (bicyclic) bond motifs is 1. The van der Waals surface area contributed by atoms with Gasteiger partial charge in [0.2, 0.25) is 6.79 Å². The number of aromatic nitrogens is 2. The molecule has 0 spiro atoms. The van der Waals surface area contributed by atoms with Gasteiger partial charge in [-0.25, -0.2) is 4.98 Å². The number of hydrogen-bond acceptors (Lipinski definition) is 6. The lowest BCUT2D eigenvalue weighted by Gasteiger charge is -2.25. The summed E-state index contributed by atoms with van der Waals surface area (Å²) < 4.78 is 77.6. The van der Waals surface area contributed by atoms with Crippen LogP contribution in [0.15, 0.2) is 97.1 Å². The van der Waals surface area contributed by atoms with Crippen LogP contribution in [0.2, 0.25) is 0 Å². The Kier molecular flexibility index (Phi) is 10.9. The summed E-state index contributed by atoms with van der Waals surface area (Å²) in [6.07, 6.45) is -6.70. The molecular formula is C39H39F4N3O4. The molecule has 1 aliphatic rings. The van der Waals surface area contributed by atoms with E-state index in [1.807, 2.05) is 79.7 Å². The van der Waals surface area contributed by atoms with E-state index in [0.29, 0.717) is 49.1 Å². The molecule has 4 aromatic carbocycles. The number of para-hydroxylation sites is 1. The highest BCUT2D eigenvalue weighted by molar-refractivity contribution is 5.73. The van der Waals surface area contributed by atoms with Crippen molar-refractivity contribution in [2.75, 3.05) is 13.4 Å². The number of ether oxygens (including phenoxy) is 4. The minimum Gasteiger partial charge on any atom is -0.493 e. The molecule has 0 amide bonds. The van der Waals surface area contributed by atoms with Crippen LogP contribution in [-0.2, 0) is 26.2 Å². The highest BCUT2D eigenvalue weighted by Crippen LogP contribution is 2.38. The standard InChI is InChI=1S/C39H39F4N3O4/c1-3-5-20-46-32(36(31-16-9-10-17-33(31)47-4-2)44-37(46)29-13-7-6-8-14-29)25-45(24-28-18-19-34-35(22-28)49-26-48-34)23-27-12-11-15-30(21-27)50-39(42,43)38(40)41/h6-19,21-22,38H,3-5,20,23-26H2,1-2H3. The van der Waals surface area contributed by atoms with Gasteiger partial charge in [-0.3, -0.25) is 4.90 Å². The van der Waals surface area contributed by atoms with Crippen molar-refractivity contribution in [3.05, 3.63) is 114 Å². The van der Waals surface area contributed by atoms with Crippen LogP contribution in [0.4, 0.5) is 17.6 Å². The molecule has 0 bridgehead atoms. The number of unbranched alkanes of at least 4 members (excludes halogenated alkanes) is 1. The summed E-state index contributed by atoms with van der Waals surface area (Å²) in [5.41, 5.74) is 5.08. The first kappa shape index (κ1) is 34.8. The second-order valence-electron chi connectivity index (χ2n) is 12.0. The second-order valence-corrected chi connectivity index (χ2v) is 12.0. The van der Waals surface area contributed by atoms with E-state index in [2.05, 4.69) is 21.1 Å². The van der Waals surface area contributed by atoms with Gasteiger partial charge in [0.25, 0.3) is 0 Å². The maximum atomic E-state index is 13.9. The fraction of sp³-hybridized carbons (Fsp3) is 0.308. The first-order valence-electron chi connectivity index (χ1n) is 16.7. The van der Waals surface area contributed by atoms with Crippen molar-refractivity contribution >= 4 is 0 Å². The molecular weight excluding hydrogens is 650 g/mol. The maximum Gasteiger partial charge on any atom is 0.461 e. The van der Waals surface area contributed by atoms with Gasteiger partial charge in [-0.15, -0.1) is 0 Å². The van der Waals surface area contributed by atoms with Gasteiger partial charge < -0.3 is 23.5 Å². The average molecular weight is 690 g/mol. The normalized spacial score (nSPS) is 12.6. The molecule has 0 unspecified atom stereocenters. The van der Waals surface area contributed by atoms with Crippen LogP contribution in [0.5, 0.6) is 23.0 Å². The molecule has 0 radical (unpaired) electrons. The summed E-state index contributed by atoms with van der Waals surface area (Å²) in [5, 5.41) is 0. The van der Waals surface area contributed by atoms with Crippen molar-refractivity contribution < 1.29 is 36.5 Å². The molecule has 0 saturated heterocycles. The zero-order chi connectivity index (χ0) is 35.1. The third-order valence-corrected chi connectivity index (χ3v) is 8.31. The van der Waals surface area contributed by atoms with Crippen LogP contribution >= 0.6 is 0 Å². The number of benzene rings is 4. The molecule has 7 nitrogen and oxygen atoms in total. The molecule has 0 saturated carbocycles. The number of hydrogen-bond donors (Lipinski definition) is 0. The Morgan fingerprint density at radius 1 is 0.840 bits per heavy atom. The zero-order valence-corrected chi connectivity index (χ0v) is 28.0. The molecule has 0 aliphatic carbocycles. The van der Waals surface area contributed by atoms with E-state index in [9.17, 15) is 17.6 Å². The van der Waals surface area contributed by atoms with Crippen molar-refractivity contribution in [2.45, 2.75) is 65.4 Å². The summed E-state index contributed by atoms with van der Waals surface area (Å²) in [6.45, 7) is 6.51. The van der Waals surface area contributed by atoms with Gasteiger partial charge in [-0.1, -0.05) is 74.0 Å². The first-order valence-corrected chi connectivity index (χ1v) is 16.7. The number of imidazole rings is 1. The molecule has 1 aliphatic heterocycles. The Hall–Kier alpha value is -5.03. The first-order chi connectivity index (χ1) is 24.3. The number of halogens is 4. The summed E-state index contributed by atoms with van der Waals surface area (Å²) >= 11 is 0. The largest absolute Gasteiger partial charge is 0.493 e. The molecule has 5 aromatic rings. The lowest BCUT2D eigenvalue weighted by atomic mass is 10.1. The van der Waals surface area contributed by atoms with Gasteiger partial charge in [0, 0.05) is 37.3 Å². The van der Waals surface area contributed by atoms with Crippen molar-refractivity contribution in [1.82, 2.24) is 14.5 Å². The summed E-state index contributed by atoms with van der Waals surface area (Å²) in [4.78, 5) is 7.43. The number of rotatable bonds is 16. The van der Waals surface area contributed by atoms with Crippen molar-refractivity contribution in [3.63, 3.8) is 0 Å². The third-order valence-electron chi connectivity index (χ3n) is 8.31. The van der Waals surface area contributed by atoms with Crippen LogP contribution in [-0.4, -0.2) is 40.4 Å². The predicted molar refractivity (Wildman–Crippen MR) is 183 cm³/mol. The van der Waals surface area contributed by atoms with E-state index in [1.54, 1.807) is 6.07 Å². The Labute approximate surface area is 289 Å². The second kappa shape index (κ2) is 15.7. The minimum atomic E-state index is -4.62. The third kappa shape index (κ3) is 8.05. The van der Waals surface area contributed by atoms with Crippen molar-refractivity contribution in [1.29, 1.82) is 0 Å². The lowest BCUT2D eigenvalue weighted by molar-refractivity contribution is -0.253. The van der Waals surface area contributed by atoms with Gasteiger partial charge in [0.05, 0.1) is 18.0 Å². The quantitative estimate of drug-likeness (QED) is 0.0963. The molecule has 2 heterocycles. The Balaban J connectivity index is 1.45. The average Bonchev–Trinajstić information content (AvgIpc) is 3.72. The van der Waals surface area contributed by atoms with Gasteiger partial charge in [0.15, 0.2) is 11.5 Å². The molecule has 50 heavy (non-hydrogen) atoms. The van der Waals surface area contributed by atoms with Crippen LogP contribution in [0.25, 0.3) is 22.6 Å². The van der Waals surface area contributed by atoms with E-state index in [-0.39, 0.29) is 19.1 Å². The molecule has 1 aromatic heterocycles. The van der Waals surface area contributed by atoms with E-state index in [1.165, 1.54) is 18.2 Å². The van der Waals surface area contributed by atoms with Crippen molar-refractivity contribution in [3.8, 4) is 45.6 Å². The van der Waals surface area contributed by atoms with Crippen LogP contribution in [0, 0.1) is 0 Å².